The molecular formula is C17H22ClN3O3. The van der Waals surface area contributed by atoms with E-state index in [0.29, 0.717) is 31.1 Å². The quantitative estimate of drug-likeness (QED) is 0.893. The van der Waals surface area contributed by atoms with Crippen molar-refractivity contribution in [1.29, 1.82) is 0 Å². The van der Waals surface area contributed by atoms with Crippen LogP contribution in [0, 0.1) is 0 Å². The van der Waals surface area contributed by atoms with E-state index >= 15 is 0 Å². The summed E-state index contributed by atoms with van der Waals surface area (Å²) in [6, 6.07) is 5.06. The first-order valence-electron chi connectivity index (χ1n) is 8.20. The Kier molecular flexibility index (Phi) is 4.96. The van der Waals surface area contributed by atoms with E-state index in [1.165, 1.54) is 0 Å². The van der Waals surface area contributed by atoms with E-state index in [9.17, 15) is 9.59 Å². The second kappa shape index (κ2) is 6.99. The van der Waals surface area contributed by atoms with Gasteiger partial charge in [0.15, 0.2) is 0 Å². The molecule has 0 bridgehead atoms. The van der Waals surface area contributed by atoms with E-state index in [1.807, 2.05) is 24.0 Å². The molecule has 0 radical (unpaired) electrons. The normalized spacial score (nSPS) is 24.2. The van der Waals surface area contributed by atoms with E-state index in [0.717, 1.165) is 17.7 Å². The van der Waals surface area contributed by atoms with Crippen molar-refractivity contribution in [2.75, 3.05) is 19.6 Å². The van der Waals surface area contributed by atoms with Crippen molar-refractivity contribution in [3.8, 4) is 5.75 Å². The predicted molar refractivity (Wildman–Crippen MR) is 90.7 cm³/mol. The zero-order chi connectivity index (χ0) is 17.3. The number of nitrogens with zero attached hydrogens (tertiary/aromatic N) is 2. The lowest BCUT2D eigenvalue weighted by Gasteiger charge is -2.27. The van der Waals surface area contributed by atoms with Gasteiger partial charge >= 0.3 is 0 Å². The number of fused-ring (bicyclic) bond motifs is 1. The molecule has 0 aliphatic carbocycles. The van der Waals surface area contributed by atoms with Crippen LogP contribution in [0.4, 0.5) is 0 Å². The molecule has 2 aliphatic rings. The fraction of sp³-hybridized carbons (Fsp3) is 0.529. The van der Waals surface area contributed by atoms with Gasteiger partial charge in [0.1, 0.15) is 17.9 Å². The Morgan fingerprint density at radius 2 is 2.21 bits per heavy atom. The summed E-state index contributed by atoms with van der Waals surface area (Å²) in [4.78, 5) is 27.8. The Bertz CT molecular complexity index is 652. The Morgan fingerprint density at radius 1 is 1.42 bits per heavy atom. The number of primary amides is 1. The van der Waals surface area contributed by atoms with Gasteiger partial charge in [-0.3, -0.25) is 14.5 Å². The molecule has 0 saturated carbocycles. The van der Waals surface area contributed by atoms with Crippen LogP contribution in [0.15, 0.2) is 18.2 Å². The monoisotopic (exact) mass is 351 g/mol. The number of carbonyl (C=O) groups excluding carboxylic acids is 2. The Labute approximate surface area is 146 Å². The maximum Gasteiger partial charge on any atom is 0.240 e. The van der Waals surface area contributed by atoms with Crippen LogP contribution in [-0.2, 0) is 16.1 Å². The van der Waals surface area contributed by atoms with Crippen LogP contribution in [0.1, 0.15) is 25.3 Å². The van der Waals surface area contributed by atoms with Crippen LogP contribution in [0.3, 0.4) is 0 Å². The summed E-state index contributed by atoms with van der Waals surface area (Å²) in [7, 11) is 0. The number of hydrogen-bond donors (Lipinski definition) is 1. The van der Waals surface area contributed by atoms with Crippen molar-refractivity contribution >= 4 is 23.4 Å². The molecule has 2 amide bonds. The molecule has 3 rings (SSSR count). The van der Waals surface area contributed by atoms with Gasteiger partial charge in [-0.2, -0.15) is 0 Å². The molecule has 1 saturated heterocycles. The molecular weight excluding hydrogens is 330 g/mol. The van der Waals surface area contributed by atoms with E-state index < -0.39 is 11.9 Å². The third-order valence-electron chi connectivity index (χ3n) is 4.52. The summed E-state index contributed by atoms with van der Waals surface area (Å²) in [5.41, 5.74) is 6.37. The van der Waals surface area contributed by atoms with Crippen molar-refractivity contribution in [2.24, 2.45) is 5.73 Å². The Morgan fingerprint density at radius 3 is 2.96 bits per heavy atom. The first-order chi connectivity index (χ1) is 11.4. The minimum absolute atomic E-state index is 0.0364. The third-order valence-corrected chi connectivity index (χ3v) is 4.76. The zero-order valence-electron chi connectivity index (χ0n) is 13.7. The molecule has 0 spiro atoms. The highest BCUT2D eigenvalue weighted by molar-refractivity contribution is 6.30. The standard InChI is InChI=1S/C17H22ClN3O3/c1-11-8-20(9-12-7-13(18)4-5-15(12)24-11)10-16(22)21-6-2-3-14(21)17(19)23/h4-5,7,11,14H,2-3,6,8-10H2,1H3,(H2,19,23)/t11?,14-/m0/s1. The van der Waals surface area contributed by atoms with Gasteiger partial charge in [0, 0.05) is 30.2 Å². The molecule has 6 nitrogen and oxygen atoms in total. The third kappa shape index (κ3) is 3.65. The van der Waals surface area contributed by atoms with Gasteiger partial charge in [-0.05, 0) is 38.0 Å². The number of ether oxygens (including phenoxy) is 1. The largest absolute Gasteiger partial charge is 0.489 e. The summed E-state index contributed by atoms with van der Waals surface area (Å²) in [6.07, 6.45) is 1.43. The summed E-state index contributed by atoms with van der Waals surface area (Å²) in [6.45, 7) is 4.02. The van der Waals surface area contributed by atoms with Crippen molar-refractivity contribution in [3.63, 3.8) is 0 Å². The number of carbonyl (C=O) groups is 2. The second-order valence-corrected chi connectivity index (χ2v) is 6.93. The maximum absolute atomic E-state index is 12.6. The van der Waals surface area contributed by atoms with Gasteiger partial charge in [-0.15, -0.1) is 0 Å². The molecule has 2 aliphatic heterocycles. The number of nitrogens with two attached hydrogens (primary N) is 1. The first kappa shape index (κ1) is 17.0. The van der Waals surface area contributed by atoms with Crippen LogP contribution in [-0.4, -0.2) is 53.4 Å². The van der Waals surface area contributed by atoms with Crippen molar-refractivity contribution in [2.45, 2.75) is 38.5 Å². The molecule has 2 atom stereocenters. The number of amides is 2. The van der Waals surface area contributed by atoms with Crippen LogP contribution in [0.25, 0.3) is 0 Å². The smallest absolute Gasteiger partial charge is 0.240 e. The maximum atomic E-state index is 12.6. The van der Waals surface area contributed by atoms with Gasteiger partial charge in [0.25, 0.3) is 0 Å². The van der Waals surface area contributed by atoms with Crippen molar-refractivity contribution in [3.05, 3.63) is 28.8 Å². The molecule has 130 valence electrons. The van der Waals surface area contributed by atoms with Crippen LogP contribution in [0.5, 0.6) is 5.75 Å². The number of hydrogen-bond acceptors (Lipinski definition) is 4. The first-order valence-corrected chi connectivity index (χ1v) is 8.58. The van der Waals surface area contributed by atoms with Crippen LogP contribution < -0.4 is 10.5 Å². The number of halogens is 1. The van der Waals surface area contributed by atoms with Crippen LogP contribution >= 0.6 is 11.6 Å². The second-order valence-electron chi connectivity index (χ2n) is 6.50. The Balaban J connectivity index is 1.72. The van der Waals surface area contributed by atoms with Gasteiger partial charge < -0.3 is 15.4 Å². The Hall–Kier alpha value is -1.79. The molecule has 1 unspecified atom stereocenters. The lowest BCUT2D eigenvalue weighted by molar-refractivity contribution is -0.138. The highest BCUT2D eigenvalue weighted by Gasteiger charge is 2.33. The van der Waals surface area contributed by atoms with Gasteiger partial charge in [0.2, 0.25) is 11.8 Å². The van der Waals surface area contributed by atoms with E-state index in [4.69, 9.17) is 22.1 Å². The van der Waals surface area contributed by atoms with Crippen LogP contribution in [0.2, 0.25) is 5.02 Å². The molecule has 24 heavy (non-hydrogen) atoms. The minimum atomic E-state index is -0.472. The summed E-state index contributed by atoms with van der Waals surface area (Å²) in [5.74, 6) is 0.317. The lowest BCUT2D eigenvalue weighted by atomic mass is 10.2. The van der Waals surface area contributed by atoms with Gasteiger partial charge in [0.05, 0.1) is 6.54 Å². The van der Waals surface area contributed by atoms with E-state index in [2.05, 4.69) is 0 Å². The molecule has 0 aromatic heterocycles. The number of likely N-dealkylation sites (tertiary alicyclic amines) is 1. The zero-order valence-corrected chi connectivity index (χ0v) is 14.5. The SMILES string of the molecule is CC1CN(CC(=O)N2CCC[C@H]2C(N)=O)Cc2cc(Cl)ccc2O1. The fourth-order valence-electron chi connectivity index (χ4n) is 3.47. The average Bonchev–Trinajstić information content (AvgIpc) is 2.94. The van der Waals surface area contributed by atoms with E-state index in [-0.39, 0.29) is 18.6 Å². The molecule has 1 aromatic rings. The summed E-state index contributed by atoms with van der Waals surface area (Å²) < 4.78 is 5.91. The lowest BCUT2D eigenvalue weighted by Crippen LogP contribution is -2.48. The molecule has 7 heteroatoms. The predicted octanol–water partition coefficient (Wildman–Crippen LogP) is 1.40. The van der Waals surface area contributed by atoms with Gasteiger partial charge in [-0.25, -0.2) is 0 Å². The van der Waals surface area contributed by atoms with Crippen molar-refractivity contribution < 1.29 is 14.3 Å². The molecule has 2 heterocycles. The molecule has 2 N–H and O–H groups in total. The van der Waals surface area contributed by atoms with Gasteiger partial charge in [-0.1, -0.05) is 11.6 Å². The summed E-state index contributed by atoms with van der Waals surface area (Å²) in [5, 5.41) is 0.645. The van der Waals surface area contributed by atoms with Crippen molar-refractivity contribution in [1.82, 2.24) is 9.80 Å². The molecule has 1 fully saturated rings. The number of rotatable bonds is 3. The number of benzene rings is 1. The average molecular weight is 352 g/mol. The topological polar surface area (TPSA) is 75.9 Å². The minimum Gasteiger partial charge on any atom is -0.489 e. The summed E-state index contributed by atoms with van der Waals surface area (Å²) >= 11 is 6.08. The van der Waals surface area contributed by atoms with E-state index in [1.54, 1.807) is 11.0 Å². The highest BCUT2D eigenvalue weighted by atomic mass is 35.5. The molecule has 1 aromatic carbocycles. The fourth-order valence-corrected chi connectivity index (χ4v) is 3.67. The highest BCUT2D eigenvalue weighted by Crippen LogP contribution is 2.28.